The van der Waals surface area contributed by atoms with Crippen LogP contribution in [0.2, 0.25) is 0 Å². The van der Waals surface area contributed by atoms with Gasteiger partial charge in [-0.1, -0.05) is 113 Å². The molecule has 0 bridgehead atoms. The van der Waals surface area contributed by atoms with E-state index in [0.717, 1.165) is 22.7 Å². The molecule has 2 atom stereocenters. The van der Waals surface area contributed by atoms with Gasteiger partial charge in [-0.25, -0.2) is 0 Å². The largest absolute Gasteiger partial charge is 0.416 e. The summed E-state index contributed by atoms with van der Waals surface area (Å²) in [5, 5.41) is 1.97. The summed E-state index contributed by atoms with van der Waals surface area (Å²) in [6.45, 7) is 0. The van der Waals surface area contributed by atoms with Crippen LogP contribution in [-0.4, -0.2) is 12.3 Å². The molecule has 0 saturated heterocycles. The van der Waals surface area contributed by atoms with Gasteiger partial charge >= 0.3 is 12.4 Å². The molecule has 8 heteroatoms. The summed E-state index contributed by atoms with van der Waals surface area (Å²) in [6.07, 6.45) is -7.17. The van der Waals surface area contributed by atoms with Gasteiger partial charge in [0.25, 0.3) is 0 Å². The molecule has 0 spiro atoms. The van der Waals surface area contributed by atoms with E-state index in [1.807, 2.05) is 60.7 Å². The van der Waals surface area contributed by atoms with Crippen molar-refractivity contribution in [3.05, 3.63) is 131 Å². The van der Waals surface area contributed by atoms with E-state index >= 15 is 0 Å². The van der Waals surface area contributed by atoms with Gasteiger partial charge in [0, 0.05) is 0 Å². The minimum Gasteiger partial charge on any atom is -0.166 e. The summed E-state index contributed by atoms with van der Waals surface area (Å²) in [5.74, 6) is 0. The van der Waals surface area contributed by atoms with Crippen molar-refractivity contribution in [2.24, 2.45) is 0 Å². The van der Waals surface area contributed by atoms with E-state index in [-0.39, 0.29) is 23.5 Å². The molecule has 4 rings (SSSR count). The highest BCUT2D eigenvalue weighted by molar-refractivity contribution is 7.68. The van der Waals surface area contributed by atoms with Crippen LogP contribution in [0.1, 0.15) is 22.3 Å². The standard InChI is InChI=1S/C30H26F6P2/c31-29(32,33)27-17-9-7-11-23(27)21-37(25-13-3-1-4-14-25)19-20-38(26-15-5-2-6-16-26)22-24-12-8-10-18-28(24)30(34,35)36/h1-18H,19-22H2/t37-,38+. The predicted molar refractivity (Wildman–Crippen MR) is 146 cm³/mol. The summed E-state index contributed by atoms with van der Waals surface area (Å²) in [5.41, 5.74) is -0.761. The minimum atomic E-state index is -4.45. The van der Waals surface area contributed by atoms with Crippen LogP contribution in [0.25, 0.3) is 0 Å². The lowest BCUT2D eigenvalue weighted by Gasteiger charge is -2.25. The van der Waals surface area contributed by atoms with Gasteiger partial charge in [0.15, 0.2) is 0 Å². The Labute approximate surface area is 221 Å². The second-order valence-corrected chi connectivity index (χ2v) is 13.5. The van der Waals surface area contributed by atoms with Gasteiger partial charge in [-0.2, -0.15) is 26.3 Å². The van der Waals surface area contributed by atoms with Gasteiger partial charge < -0.3 is 0 Å². The van der Waals surface area contributed by atoms with E-state index in [0.29, 0.717) is 12.3 Å². The van der Waals surface area contributed by atoms with E-state index in [2.05, 4.69) is 0 Å². The fourth-order valence-corrected chi connectivity index (χ4v) is 10.1. The third-order valence-corrected chi connectivity index (χ3v) is 11.6. The molecule has 4 aromatic carbocycles. The molecule has 4 aromatic rings. The fourth-order valence-electron chi connectivity index (χ4n) is 4.40. The van der Waals surface area contributed by atoms with Crippen molar-refractivity contribution in [3.8, 4) is 0 Å². The van der Waals surface area contributed by atoms with Crippen LogP contribution < -0.4 is 10.6 Å². The normalized spacial score (nSPS) is 13.7. The first-order valence-electron chi connectivity index (χ1n) is 12.0. The number of alkyl halides is 6. The lowest BCUT2D eigenvalue weighted by atomic mass is 10.1. The lowest BCUT2D eigenvalue weighted by Crippen LogP contribution is -2.15. The highest BCUT2D eigenvalue weighted by Gasteiger charge is 2.35. The Bertz CT molecular complexity index is 1200. The Hall–Kier alpha value is -2.68. The maximum Gasteiger partial charge on any atom is 0.416 e. The first kappa shape index (κ1) is 28.3. The van der Waals surface area contributed by atoms with E-state index in [9.17, 15) is 26.3 Å². The lowest BCUT2D eigenvalue weighted by molar-refractivity contribution is -0.138. The van der Waals surface area contributed by atoms with Gasteiger partial charge in [-0.05, 0) is 58.5 Å². The predicted octanol–water partition coefficient (Wildman–Crippen LogP) is 9.04. The molecule has 0 aliphatic rings. The first-order valence-corrected chi connectivity index (χ1v) is 15.5. The molecule has 0 aromatic heterocycles. The van der Waals surface area contributed by atoms with Crippen molar-refractivity contribution >= 4 is 26.5 Å². The smallest absolute Gasteiger partial charge is 0.166 e. The van der Waals surface area contributed by atoms with Gasteiger partial charge in [-0.3, -0.25) is 0 Å². The molecule has 0 aliphatic heterocycles. The van der Waals surface area contributed by atoms with E-state index in [4.69, 9.17) is 0 Å². The number of rotatable bonds is 9. The minimum absolute atomic E-state index is 0.251. The molecule has 0 fully saturated rings. The van der Waals surface area contributed by atoms with Gasteiger partial charge in [0.2, 0.25) is 0 Å². The zero-order valence-corrected chi connectivity index (χ0v) is 22.2. The van der Waals surface area contributed by atoms with Crippen LogP contribution in [0.3, 0.4) is 0 Å². The SMILES string of the molecule is FC(F)(F)c1ccccc1C[P@@](CC[P@@](Cc1ccccc1C(F)(F)F)c1ccccc1)c1ccccc1. The molecule has 0 nitrogen and oxygen atoms in total. The molecular formula is C30H26F6P2. The van der Waals surface area contributed by atoms with E-state index in [1.165, 1.54) is 24.3 Å². The quantitative estimate of drug-likeness (QED) is 0.141. The van der Waals surface area contributed by atoms with Gasteiger partial charge in [0.1, 0.15) is 0 Å². The number of hydrogen-bond donors (Lipinski definition) is 0. The molecular weight excluding hydrogens is 536 g/mol. The second-order valence-electron chi connectivity index (χ2n) is 8.82. The molecule has 0 aliphatic carbocycles. The zero-order chi connectivity index (χ0) is 27.2. The molecule has 0 saturated carbocycles. The maximum absolute atomic E-state index is 13.7. The molecule has 198 valence electrons. The monoisotopic (exact) mass is 562 g/mol. The second kappa shape index (κ2) is 12.5. The molecule has 0 heterocycles. The van der Waals surface area contributed by atoms with E-state index < -0.39 is 39.3 Å². The molecule has 0 N–H and O–H groups in total. The van der Waals surface area contributed by atoms with Gasteiger partial charge in [0.05, 0.1) is 11.1 Å². The highest BCUT2D eigenvalue weighted by atomic mass is 31.1. The Morgan fingerprint density at radius 2 is 0.737 bits per heavy atom. The summed E-state index contributed by atoms with van der Waals surface area (Å²) in [7, 11) is -2.06. The summed E-state index contributed by atoms with van der Waals surface area (Å²) >= 11 is 0. The van der Waals surface area contributed by atoms with Crippen LogP contribution >= 0.6 is 15.8 Å². The molecule has 0 radical (unpaired) electrons. The number of halogens is 6. The van der Waals surface area contributed by atoms with Crippen LogP contribution in [0, 0.1) is 0 Å². The zero-order valence-electron chi connectivity index (χ0n) is 20.4. The first-order chi connectivity index (χ1) is 18.1. The molecule has 38 heavy (non-hydrogen) atoms. The Kier molecular flexibility index (Phi) is 9.28. The average Bonchev–Trinajstić information content (AvgIpc) is 2.90. The molecule has 0 amide bonds. The fraction of sp³-hybridized carbons (Fsp3) is 0.200. The average molecular weight is 562 g/mol. The van der Waals surface area contributed by atoms with Crippen LogP contribution in [0.5, 0.6) is 0 Å². The van der Waals surface area contributed by atoms with Crippen molar-refractivity contribution in [1.82, 2.24) is 0 Å². The van der Waals surface area contributed by atoms with Gasteiger partial charge in [-0.15, -0.1) is 0 Å². The van der Waals surface area contributed by atoms with Crippen molar-refractivity contribution in [3.63, 3.8) is 0 Å². The van der Waals surface area contributed by atoms with E-state index in [1.54, 1.807) is 12.1 Å². The summed E-state index contributed by atoms with van der Waals surface area (Å²) < 4.78 is 82.4. The van der Waals surface area contributed by atoms with Crippen molar-refractivity contribution in [2.45, 2.75) is 24.7 Å². The number of hydrogen-bond acceptors (Lipinski definition) is 0. The van der Waals surface area contributed by atoms with Crippen molar-refractivity contribution in [1.29, 1.82) is 0 Å². The summed E-state index contributed by atoms with van der Waals surface area (Å²) in [4.78, 5) is 0. The highest BCUT2D eigenvalue weighted by Crippen LogP contribution is 2.48. The third kappa shape index (κ3) is 7.46. The van der Waals surface area contributed by atoms with Crippen molar-refractivity contribution in [2.75, 3.05) is 12.3 Å². The van der Waals surface area contributed by atoms with Crippen LogP contribution in [0.4, 0.5) is 26.3 Å². The Morgan fingerprint density at radius 3 is 1.08 bits per heavy atom. The Morgan fingerprint density at radius 1 is 0.421 bits per heavy atom. The van der Waals surface area contributed by atoms with Crippen LogP contribution in [0.15, 0.2) is 109 Å². The summed E-state index contributed by atoms with van der Waals surface area (Å²) in [6, 6.07) is 30.3. The van der Waals surface area contributed by atoms with Crippen molar-refractivity contribution < 1.29 is 26.3 Å². The molecule has 0 unspecified atom stereocenters. The number of benzene rings is 4. The van der Waals surface area contributed by atoms with Crippen LogP contribution in [-0.2, 0) is 24.7 Å². The Balaban J connectivity index is 1.64. The maximum atomic E-state index is 13.7. The topological polar surface area (TPSA) is 0 Å². The third-order valence-electron chi connectivity index (χ3n) is 6.25.